The van der Waals surface area contributed by atoms with Crippen molar-refractivity contribution in [2.75, 3.05) is 13.2 Å². The standard InChI is InChI=1S/C14H12Cl3NO3S/c15-14(16,17)9-21-22(19,20)18-8-13(18)12-6-5-10-3-1-2-4-11(10)7-12/h1-7,13H,8-9H2. The lowest BCUT2D eigenvalue weighted by molar-refractivity contribution is 0.305. The summed E-state index contributed by atoms with van der Waals surface area (Å²) < 4.78 is 28.3. The maximum absolute atomic E-state index is 12.0. The molecule has 0 spiro atoms. The normalized spacial score (nSPS) is 22.0. The van der Waals surface area contributed by atoms with Gasteiger partial charge in [0.1, 0.15) is 6.61 Å². The van der Waals surface area contributed by atoms with Gasteiger partial charge in [0.05, 0.1) is 6.04 Å². The highest BCUT2D eigenvalue weighted by molar-refractivity contribution is 7.84. The zero-order chi connectivity index (χ0) is 16.0. The minimum Gasteiger partial charge on any atom is -0.253 e. The van der Waals surface area contributed by atoms with E-state index in [-0.39, 0.29) is 6.04 Å². The summed E-state index contributed by atoms with van der Waals surface area (Å²) in [7, 11) is -3.89. The van der Waals surface area contributed by atoms with Gasteiger partial charge in [-0.3, -0.25) is 4.18 Å². The van der Waals surface area contributed by atoms with E-state index in [1.807, 2.05) is 42.5 Å². The molecule has 0 aromatic heterocycles. The van der Waals surface area contributed by atoms with E-state index in [2.05, 4.69) is 0 Å². The molecule has 3 rings (SSSR count). The first-order chi connectivity index (χ1) is 10.3. The Labute approximate surface area is 143 Å². The third-order valence-corrected chi connectivity index (χ3v) is 5.10. The topological polar surface area (TPSA) is 46.4 Å². The summed E-state index contributed by atoms with van der Waals surface area (Å²) in [5.41, 5.74) is 0.916. The highest BCUT2D eigenvalue weighted by atomic mass is 35.6. The number of alkyl halides is 3. The van der Waals surface area contributed by atoms with Crippen molar-refractivity contribution < 1.29 is 12.6 Å². The summed E-state index contributed by atoms with van der Waals surface area (Å²) in [5, 5.41) is 2.17. The van der Waals surface area contributed by atoms with E-state index in [0.29, 0.717) is 6.54 Å². The highest BCUT2D eigenvalue weighted by Gasteiger charge is 2.46. The smallest absolute Gasteiger partial charge is 0.253 e. The van der Waals surface area contributed by atoms with Crippen molar-refractivity contribution >= 4 is 55.9 Å². The van der Waals surface area contributed by atoms with Crippen LogP contribution in [0.4, 0.5) is 0 Å². The molecule has 4 nitrogen and oxygen atoms in total. The largest absolute Gasteiger partial charge is 0.339 e. The molecule has 1 fully saturated rings. The molecular formula is C14H12Cl3NO3S. The summed E-state index contributed by atoms with van der Waals surface area (Å²) in [6.07, 6.45) is 0. The van der Waals surface area contributed by atoms with Crippen molar-refractivity contribution in [3.63, 3.8) is 0 Å². The third kappa shape index (κ3) is 3.67. The van der Waals surface area contributed by atoms with Crippen molar-refractivity contribution in [1.29, 1.82) is 0 Å². The first-order valence-corrected chi connectivity index (χ1v) is 8.98. The van der Waals surface area contributed by atoms with Gasteiger partial charge in [0.25, 0.3) is 0 Å². The molecule has 1 heterocycles. The lowest BCUT2D eigenvalue weighted by Crippen LogP contribution is -2.22. The number of hydrogen-bond donors (Lipinski definition) is 0. The monoisotopic (exact) mass is 379 g/mol. The van der Waals surface area contributed by atoms with Crippen molar-refractivity contribution in [2.24, 2.45) is 0 Å². The van der Waals surface area contributed by atoms with Crippen molar-refractivity contribution in [2.45, 2.75) is 9.83 Å². The summed E-state index contributed by atoms with van der Waals surface area (Å²) in [6, 6.07) is 13.5. The van der Waals surface area contributed by atoms with Crippen LogP contribution in [0.25, 0.3) is 10.8 Å². The second-order valence-corrected chi connectivity index (χ2v) is 9.10. The molecule has 22 heavy (non-hydrogen) atoms. The molecule has 118 valence electrons. The fraction of sp³-hybridized carbons (Fsp3) is 0.286. The molecule has 8 heteroatoms. The zero-order valence-corrected chi connectivity index (χ0v) is 14.3. The van der Waals surface area contributed by atoms with Crippen LogP contribution in [0.2, 0.25) is 0 Å². The summed E-state index contributed by atoms with van der Waals surface area (Å²) in [5.74, 6) is 0. The molecule has 0 aliphatic carbocycles. The Morgan fingerprint density at radius 2 is 1.82 bits per heavy atom. The zero-order valence-electron chi connectivity index (χ0n) is 11.2. The third-order valence-electron chi connectivity index (χ3n) is 3.38. The molecule has 0 N–H and O–H groups in total. The van der Waals surface area contributed by atoms with Gasteiger partial charge in [0.2, 0.25) is 3.79 Å². The first-order valence-electron chi connectivity index (χ1n) is 6.48. The van der Waals surface area contributed by atoms with E-state index in [1.165, 1.54) is 4.31 Å². The molecule has 2 unspecified atom stereocenters. The fourth-order valence-electron chi connectivity index (χ4n) is 2.27. The van der Waals surface area contributed by atoms with Crippen LogP contribution < -0.4 is 0 Å². The van der Waals surface area contributed by atoms with Crippen LogP contribution in [-0.4, -0.2) is 29.7 Å². The van der Waals surface area contributed by atoms with E-state index in [4.69, 9.17) is 39.0 Å². The fourth-order valence-corrected chi connectivity index (χ4v) is 3.84. The molecular weight excluding hydrogens is 369 g/mol. The molecule has 0 saturated carbocycles. The van der Waals surface area contributed by atoms with Crippen LogP contribution in [0.1, 0.15) is 11.6 Å². The Morgan fingerprint density at radius 3 is 2.50 bits per heavy atom. The molecule has 2 aromatic rings. The molecule has 0 radical (unpaired) electrons. The van der Waals surface area contributed by atoms with E-state index in [9.17, 15) is 8.42 Å². The quantitative estimate of drug-likeness (QED) is 0.598. The van der Waals surface area contributed by atoms with Crippen molar-refractivity contribution in [3.8, 4) is 0 Å². The minimum absolute atomic E-state index is 0.231. The summed E-state index contributed by atoms with van der Waals surface area (Å²) in [4.78, 5) is 0. The van der Waals surface area contributed by atoms with Gasteiger partial charge in [0.15, 0.2) is 0 Å². The number of fused-ring (bicyclic) bond motifs is 1. The maximum Gasteiger partial charge on any atom is 0.339 e. The molecule has 2 aromatic carbocycles. The maximum atomic E-state index is 12.0. The van der Waals surface area contributed by atoms with Gasteiger partial charge in [-0.05, 0) is 22.4 Å². The molecule has 0 amide bonds. The number of nitrogens with zero attached hydrogens (tertiary/aromatic N) is 1. The number of hydrogen-bond acceptors (Lipinski definition) is 3. The molecule has 1 aliphatic heterocycles. The van der Waals surface area contributed by atoms with E-state index in [0.717, 1.165) is 16.3 Å². The summed E-state index contributed by atoms with van der Waals surface area (Å²) >= 11 is 16.5. The van der Waals surface area contributed by atoms with Gasteiger partial charge in [-0.2, -0.15) is 12.7 Å². The minimum atomic E-state index is -3.89. The average molecular weight is 381 g/mol. The van der Waals surface area contributed by atoms with Gasteiger partial charge < -0.3 is 0 Å². The first kappa shape index (κ1) is 16.3. The van der Waals surface area contributed by atoms with Crippen LogP contribution in [0.15, 0.2) is 42.5 Å². The lowest BCUT2D eigenvalue weighted by atomic mass is 10.1. The summed E-state index contributed by atoms with van der Waals surface area (Å²) in [6.45, 7) is -0.151. The predicted octanol–water partition coefficient (Wildman–Crippen LogP) is 3.83. The lowest BCUT2D eigenvalue weighted by Gasteiger charge is -2.12. The molecule has 0 bridgehead atoms. The number of benzene rings is 2. The van der Waals surface area contributed by atoms with Crippen molar-refractivity contribution in [1.82, 2.24) is 4.31 Å². The van der Waals surface area contributed by atoms with Crippen LogP contribution in [0.3, 0.4) is 0 Å². The Bertz CT molecular complexity index is 804. The van der Waals surface area contributed by atoms with Gasteiger partial charge in [-0.15, -0.1) is 0 Å². The molecule has 1 aliphatic rings. The van der Waals surface area contributed by atoms with Crippen LogP contribution in [-0.2, 0) is 14.5 Å². The predicted molar refractivity (Wildman–Crippen MR) is 88.6 cm³/mol. The van der Waals surface area contributed by atoms with Gasteiger partial charge in [0, 0.05) is 6.54 Å². The Balaban J connectivity index is 1.75. The molecule has 2 atom stereocenters. The Kier molecular flexibility index (Phi) is 4.31. The van der Waals surface area contributed by atoms with E-state index >= 15 is 0 Å². The Hall–Kier alpha value is -0.560. The number of rotatable bonds is 4. The van der Waals surface area contributed by atoms with Crippen LogP contribution in [0.5, 0.6) is 0 Å². The van der Waals surface area contributed by atoms with Crippen LogP contribution >= 0.6 is 34.8 Å². The van der Waals surface area contributed by atoms with Gasteiger partial charge in [-0.25, -0.2) is 0 Å². The second kappa shape index (κ2) is 5.82. The van der Waals surface area contributed by atoms with Crippen molar-refractivity contribution in [3.05, 3.63) is 48.0 Å². The Morgan fingerprint density at radius 1 is 1.14 bits per heavy atom. The number of halogens is 3. The second-order valence-electron chi connectivity index (χ2n) is 5.03. The van der Waals surface area contributed by atoms with Crippen LogP contribution in [0, 0.1) is 0 Å². The average Bonchev–Trinajstić information content (AvgIpc) is 3.25. The van der Waals surface area contributed by atoms with E-state index in [1.54, 1.807) is 0 Å². The molecule has 1 saturated heterocycles. The SMILES string of the molecule is O=S(=O)(OCC(Cl)(Cl)Cl)N1CC1c1ccc2ccccc2c1. The van der Waals surface area contributed by atoms with Gasteiger partial charge >= 0.3 is 10.3 Å². The van der Waals surface area contributed by atoms with Gasteiger partial charge in [-0.1, -0.05) is 71.2 Å². The highest BCUT2D eigenvalue weighted by Crippen LogP contribution is 2.40. The van der Waals surface area contributed by atoms with E-state index < -0.39 is 20.7 Å².